The lowest BCUT2D eigenvalue weighted by molar-refractivity contribution is -0.123. The van der Waals surface area contributed by atoms with Crippen molar-refractivity contribution in [3.05, 3.63) is 29.8 Å². The van der Waals surface area contributed by atoms with Gasteiger partial charge in [-0.05, 0) is 44.9 Å². The highest BCUT2D eigenvalue weighted by Gasteiger charge is 2.20. The zero-order valence-electron chi connectivity index (χ0n) is 15.7. The number of carbonyl (C=O) groups is 3. The number of nitrogens with zero attached hydrogens (tertiary/aromatic N) is 1. The first-order valence-corrected chi connectivity index (χ1v) is 8.25. The molecular weight excluding hydrogens is 338 g/mol. The first kappa shape index (κ1) is 21.4. The third kappa shape index (κ3) is 9.03. The van der Waals surface area contributed by atoms with Gasteiger partial charge >= 0.3 is 6.09 Å². The van der Waals surface area contributed by atoms with E-state index in [1.54, 1.807) is 32.8 Å². The molecule has 0 unspecified atom stereocenters. The molecule has 8 heteroatoms. The van der Waals surface area contributed by atoms with Crippen molar-refractivity contribution in [3.8, 4) is 5.75 Å². The average molecular weight is 365 g/mol. The second-order valence-electron chi connectivity index (χ2n) is 6.83. The Morgan fingerprint density at radius 2 is 1.73 bits per heavy atom. The zero-order valence-corrected chi connectivity index (χ0v) is 15.7. The molecule has 0 aliphatic rings. The number of alkyl carbamates (subject to hydrolysis) is 1. The van der Waals surface area contributed by atoms with E-state index in [9.17, 15) is 14.4 Å². The largest absolute Gasteiger partial charge is 0.497 e. The summed E-state index contributed by atoms with van der Waals surface area (Å²) < 4.78 is 10.1. The normalized spacial score (nSPS) is 11.1. The highest BCUT2D eigenvalue weighted by Crippen LogP contribution is 2.12. The number of imide groups is 1. The molecule has 0 radical (unpaired) electrons. The van der Waals surface area contributed by atoms with Crippen molar-refractivity contribution in [2.24, 2.45) is 5.73 Å². The molecule has 0 aromatic heterocycles. The maximum Gasteiger partial charge on any atom is 0.414 e. The summed E-state index contributed by atoms with van der Waals surface area (Å²) in [5.74, 6) is -0.362. The monoisotopic (exact) mass is 365 g/mol. The van der Waals surface area contributed by atoms with Gasteiger partial charge in [0.1, 0.15) is 11.4 Å². The summed E-state index contributed by atoms with van der Waals surface area (Å²) >= 11 is 0. The minimum atomic E-state index is -0.823. The molecule has 144 valence electrons. The average Bonchev–Trinajstić information content (AvgIpc) is 2.50. The predicted molar refractivity (Wildman–Crippen MR) is 96.7 cm³/mol. The number of primary amides is 1. The van der Waals surface area contributed by atoms with Crippen LogP contribution in [-0.4, -0.2) is 55.2 Å². The van der Waals surface area contributed by atoms with Crippen molar-refractivity contribution in [2.45, 2.75) is 32.8 Å². The molecule has 0 saturated heterocycles. The van der Waals surface area contributed by atoms with Crippen LogP contribution in [-0.2, 0) is 20.7 Å². The maximum absolute atomic E-state index is 12.0. The molecule has 8 nitrogen and oxygen atoms in total. The number of hydrogen-bond acceptors (Lipinski definition) is 6. The standard InChI is InChI=1S/C18H27N3O5/c1-18(2,3)26-17(24)20-16(23)12-21(11-15(19)22)10-9-13-5-7-14(25-4)8-6-13/h5-8H,9-12H2,1-4H3,(H2,19,22)(H,20,23,24). The number of methoxy groups -OCH3 is 1. The number of hydrogen-bond donors (Lipinski definition) is 2. The third-order valence-corrected chi connectivity index (χ3v) is 3.26. The molecule has 0 heterocycles. The van der Waals surface area contributed by atoms with Gasteiger partial charge in [-0.1, -0.05) is 12.1 Å². The van der Waals surface area contributed by atoms with Crippen LogP contribution < -0.4 is 15.8 Å². The third-order valence-electron chi connectivity index (χ3n) is 3.26. The Bertz CT molecular complexity index is 623. The van der Waals surface area contributed by atoms with Crippen molar-refractivity contribution in [3.63, 3.8) is 0 Å². The van der Waals surface area contributed by atoms with Crippen molar-refractivity contribution in [1.82, 2.24) is 10.2 Å². The fraction of sp³-hybridized carbons (Fsp3) is 0.500. The van der Waals surface area contributed by atoms with E-state index in [0.717, 1.165) is 11.3 Å². The number of nitrogens with one attached hydrogen (secondary N) is 1. The molecule has 0 bridgehead atoms. The van der Waals surface area contributed by atoms with E-state index in [1.807, 2.05) is 24.3 Å². The summed E-state index contributed by atoms with van der Waals surface area (Å²) in [4.78, 5) is 36.5. The summed E-state index contributed by atoms with van der Waals surface area (Å²) in [6.45, 7) is 5.30. The SMILES string of the molecule is COc1ccc(CCN(CC(N)=O)CC(=O)NC(=O)OC(C)(C)C)cc1. The fourth-order valence-electron chi connectivity index (χ4n) is 2.17. The van der Waals surface area contributed by atoms with E-state index in [0.29, 0.717) is 13.0 Å². The predicted octanol–water partition coefficient (Wildman–Crippen LogP) is 1.08. The number of amides is 3. The maximum atomic E-state index is 12.0. The minimum Gasteiger partial charge on any atom is -0.497 e. The van der Waals surface area contributed by atoms with Gasteiger partial charge in [-0.3, -0.25) is 19.8 Å². The van der Waals surface area contributed by atoms with Crippen molar-refractivity contribution >= 4 is 17.9 Å². The van der Waals surface area contributed by atoms with E-state index in [1.165, 1.54) is 0 Å². The zero-order chi connectivity index (χ0) is 19.7. The van der Waals surface area contributed by atoms with Gasteiger partial charge in [-0.25, -0.2) is 4.79 Å². The van der Waals surface area contributed by atoms with Gasteiger partial charge in [0.05, 0.1) is 20.2 Å². The number of benzene rings is 1. The Morgan fingerprint density at radius 1 is 1.12 bits per heavy atom. The van der Waals surface area contributed by atoms with Crippen LogP contribution in [0.1, 0.15) is 26.3 Å². The molecule has 26 heavy (non-hydrogen) atoms. The Morgan fingerprint density at radius 3 is 2.23 bits per heavy atom. The smallest absolute Gasteiger partial charge is 0.414 e. The van der Waals surface area contributed by atoms with E-state index >= 15 is 0 Å². The molecule has 0 fully saturated rings. The Hall–Kier alpha value is -2.61. The fourth-order valence-corrected chi connectivity index (χ4v) is 2.17. The van der Waals surface area contributed by atoms with E-state index in [2.05, 4.69) is 5.32 Å². The van der Waals surface area contributed by atoms with Gasteiger partial charge < -0.3 is 15.2 Å². The van der Waals surface area contributed by atoms with Gasteiger partial charge in [0.15, 0.2) is 0 Å². The Balaban J connectivity index is 2.58. The molecule has 0 atom stereocenters. The van der Waals surface area contributed by atoms with Crippen LogP contribution in [0.15, 0.2) is 24.3 Å². The second kappa shape index (κ2) is 9.76. The molecule has 1 rings (SSSR count). The molecule has 3 amide bonds. The highest BCUT2D eigenvalue weighted by atomic mass is 16.6. The highest BCUT2D eigenvalue weighted by molar-refractivity contribution is 5.93. The van der Waals surface area contributed by atoms with E-state index in [4.69, 9.17) is 15.2 Å². The van der Waals surface area contributed by atoms with Crippen LogP contribution in [0.4, 0.5) is 4.79 Å². The molecule has 0 saturated carbocycles. The molecule has 3 N–H and O–H groups in total. The van der Waals surface area contributed by atoms with Crippen molar-refractivity contribution < 1.29 is 23.9 Å². The van der Waals surface area contributed by atoms with Crippen molar-refractivity contribution in [1.29, 1.82) is 0 Å². The first-order valence-electron chi connectivity index (χ1n) is 8.25. The lowest BCUT2D eigenvalue weighted by Crippen LogP contribution is -2.45. The molecule has 0 aliphatic heterocycles. The summed E-state index contributed by atoms with van der Waals surface area (Å²) in [7, 11) is 1.59. The number of rotatable bonds is 8. The van der Waals surface area contributed by atoms with E-state index < -0.39 is 23.5 Å². The topological polar surface area (TPSA) is 111 Å². The summed E-state index contributed by atoms with van der Waals surface area (Å²) in [5, 5.41) is 2.14. The molecule has 0 aliphatic carbocycles. The quantitative estimate of drug-likeness (QED) is 0.713. The molecular formula is C18H27N3O5. The van der Waals surface area contributed by atoms with Crippen LogP contribution in [0.5, 0.6) is 5.75 Å². The van der Waals surface area contributed by atoms with Gasteiger partial charge in [0, 0.05) is 6.54 Å². The van der Waals surface area contributed by atoms with E-state index in [-0.39, 0.29) is 13.1 Å². The summed E-state index contributed by atoms with van der Waals surface area (Å²) in [6.07, 6.45) is -0.214. The van der Waals surface area contributed by atoms with Crippen LogP contribution in [0, 0.1) is 0 Å². The van der Waals surface area contributed by atoms with Crippen molar-refractivity contribution in [2.75, 3.05) is 26.7 Å². The molecule has 1 aromatic carbocycles. The lowest BCUT2D eigenvalue weighted by atomic mass is 10.1. The first-order chi connectivity index (χ1) is 12.1. The number of ether oxygens (including phenoxy) is 2. The molecule has 0 spiro atoms. The van der Waals surface area contributed by atoms with Gasteiger partial charge in [0.2, 0.25) is 11.8 Å². The van der Waals surface area contributed by atoms with Crippen LogP contribution in [0.25, 0.3) is 0 Å². The Kier molecular flexibility index (Phi) is 8.05. The molecule has 1 aromatic rings. The second-order valence-corrected chi connectivity index (χ2v) is 6.83. The lowest BCUT2D eigenvalue weighted by Gasteiger charge is -2.22. The number of carbonyl (C=O) groups excluding carboxylic acids is 3. The summed E-state index contributed by atoms with van der Waals surface area (Å²) in [6, 6.07) is 7.48. The van der Waals surface area contributed by atoms with Crippen LogP contribution in [0.3, 0.4) is 0 Å². The van der Waals surface area contributed by atoms with Gasteiger partial charge in [-0.2, -0.15) is 0 Å². The van der Waals surface area contributed by atoms with Crippen LogP contribution in [0.2, 0.25) is 0 Å². The minimum absolute atomic E-state index is 0.0854. The van der Waals surface area contributed by atoms with Gasteiger partial charge in [0.25, 0.3) is 0 Å². The van der Waals surface area contributed by atoms with Crippen LogP contribution >= 0.6 is 0 Å². The Labute approximate surface area is 153 Å². The number of nitrogens with two attached hydrogens (primary N) is 1. The summed E-state index contributed by atoms with van der Waals surface area (Å²) in [5.41, 5.74) is 5.56. The van der Waals surface area contributed by atoms with Gasteiger partial charge in [-0.15, -0.1) is 0 Å².